The van der Waals surface area contributed by atoms with E-state index in [-0.39, 0.29) is 16.6 Å². The van der Waals surface area contributed by atoms with Crippen LogP contribution >= 0.6 is 11.8 Å². The topological polar surface area (TPSA) is 26.3 Å². The van der Waals surface area contributed by atoms with Crippen molar-refractivity contribution in [1.82, 2.24) is 0 Å². The number of fused-ring (bicyclic) bond motifs is 1. The van der Waals surface area contributed by atoms with Gasteiger partial charge in [0.05, 0.1) is 13.0 Å². The molecule has 0 radical (unpaired) electrons. The molecule has 3 atom stereocenters. The number of ether oxygens (including phenoxy) is 1. The molecule has 1 aliphatic heterocycles. The molecule has 2 nitrogen and oxygen atoms in total. The molecule has 3 unspecified atom stereocenters. The summed E-state index contributed by atoms with van der Waals surface area (Å²) in [4.78, 5) is 12.6. The second-order valence-corrected chi connectivity index (χ2v) is 5.32. The number of methoxy groups -OCH3 is 1. The minimum atomic E-state index is -0.0567. The molecule has 0 spiro atoms. The molecule has 0 amide bonds. The number of carbonyl (C=O) groups is 1. The Morgan fingerprint density at radius 2 is 2.42 bits per heavy atom. The van der Waals surface area contributed by atoms with Crippen LogP contribution in [0, 0.1) is 11.8 Å². The van der Waals surface area contributed by atoms with Crippen molar-refractivity contribution >= 4 is 17.7 Å². The number of esters is 1. The molecule has 3 heteroatoms. The smallest absolute Gasteiger partial charge is 0.310 e. The third-order valence-electron chi connectivity index (χ3n) is 2.78. The van der Waals surface area contributed by atoms with Crippen molar-refractivity contribution in [2.75, 3.05) is 7.11 Å². The largest absolute Gasteiger partial charge is 0.469 e. The van der Waals surface area contributed by atoms with Gasteiger partial charge in [-0.25, -0.2) is 0 Å². The van der Waals surface area contributed by atoms with Crippen molar-refractivity contribution in [1.29, 1.82) is 0 Å². The molecule has 66 valence electrons. The maximum Gasteiger partial charge on any atom is 0.310 e. The fourth-order valence-electron chi connectivity index (χ4n) is 2.06. The lowest BCUT2D eigenvalue weighted by atomic mass is 10.3. The molecular weight excluding hydrogens is 172 g/mol. The van der Waals surface area contributed by atoms with Gasteiger partial charge in [-0.2, -0.15) is 0 Å². The molecule has 0 aromatic heterocycles. The number of thioether (sulfide) groups is 1. The van der Waals surface area contributed by atoms with Gasteiger partial charge >= 0.3 is 5.97 Å². The van der Waals surface area contributed by atoms with Gasteiger partial charge in [0.25, 0.3) is 0 Å². The molecule has 0 aromatic rings. The molecule has 12 heavy (non-hydrogen) atoms. The minimum absolute atomic E-state index is 0.0567. The number of rotatable bonds is 1. The first-order chi connectivity index (χ1) is 5.59. The van der Waals surface area contributed by atoms with Gasteiger partial charge in [0.15, 0.2) is 0 Å². The Hall–Kier alpha value is -0.440. The van der Waals surface area contributed by atoms with Crippen LogP contribution in [0.15, 0.2) is 11.0 Å². The molecule has 2 aliphatic rings. The van der Waals surface area contributed by atoms with E-state index in [2.05, 4.69) is 19.9 Å². The van der Waals surface area contributed by atoms with Crippen molar-refractivity contribution in [3.8, 4) is 0 Å². The first-order valence-corrected chi connectivity index (χ1v) is 4.86. The van der Waals surface area contributed by atoms with Gasteiger partial charge in [0, 0.05) is 10.7 Å². The Kier molecular flexibility index (Phi) is 1.55. The zero-order valence-corrected chi connectivity index (χ0v) is 8.27. The Morgan fingerprint density at radius 1 is 1.75 bits per heavy atom. The average molecular weight is 184 g/mol. The second-order valence-electron chi connectivity index (χ2n) is 3.59. The van der Waals surface area contributed by atoms with Crippen molar-refractivity contribution in [2.45, 2.75) is 18.6 Å². The van der Waals surface area contributed by atoms with Gasteiger partial charge in [0.2, 0.25) is 0 Å². The van der Waals surface area contributed by atoms with Gasteiger partial charge in [-0.3, -0.25) is 4.79 Å². The SMILES string of the molecule is COC(=O)C1C2C=C(C)SC21C. The fourth-order valence-corrected chi connectivity index (χ4v) is 3.61. The summed E-state index contributed by atoms with van der Waals surface area (Å²) < 4.78 is 4.85. The van der Waals surface area contributed by atoms with Crippen molar-refractivity contribution < 1.29 is 9.53 Å². The summed E-state index contributed by atoms with van der Waals surface area (Å²) in [6.07, 6.45) is 2.19. The van der Waals surface area contributed by atoms with E-state index in [1.54, 1.807) is 0 Å². The Labute approximate surface area is 76.4 Å². The summed E-state index contributed by atoms with van der Waals surface area (Å²) in [7, 11) is 1.46. The van der Waals surface area contributed by atoms with E-state index in [9.17, 15) is 4.79 Å². The minimum Gasteiger partial charge on any atom is -0.469 e. The average Bonchev–Trinajstić information content (AvgIpc) is 2.41. The third-order valence-corrected chi connectivity index (χ3v) is 4.20. The van der Waals surface area contributed by atoms with Crippen LogP contribution in [-0.4, -0.2) is 17.8 Å². The van der Waals surface area contributed by atoms with Gasteiger partial charge in [0.1, 0.15) is 0 Å². The van der Waals surface area contributed by atoms with Gasteiger partial charge in [-0.15, -0.1) is 11.8 Å². The Morgan fingerprint density at radius 3 is 2.83 bits per heavy atom. The maximum absolute atomic E-state index is 11.2. The summed E-state index contributed by atoms with van der Waals surface area (Å²) in [6, 6.07) is 0. The number of hydrogen-bond donors (Lipinski definition) is 0. The first kappa shape index (κ1) is 8.17. The summed E-state index contributed by atoms with van der Waals surface area (Å²) in [5.74, 6) is 0.477. The van der Waals surface area contributed by atoms with Crippen LogP contribution in [0.2, 0.25) is 0 Å². The van der Waals surface area contributed by atoms with Crippen LogP contribution in [0.5, 0.6) is 0 Å². The molecule has 1 saturated carbocycles. The van der Waals surface area contributed by atoms with Crippen LogP contribution < -0.4 is 0 Å². The lowest BCUT2D eigenvalue weighted by molar-refractivity contribution is -0.142. The van der Waals surface area contributed by atoms with Crippen LogP contribution in [0.1, 0.15) is 13.8 Å². The molecule has 0 N–H and O–H groups in total. The van der Waals surface area contributed by atoms with Crippen LogP contribution in [0.3, 0.4) is 0 Å². The number of hydrogen-bond acceptors (Lipinski definition) is 3. The van der Waals surface area contributed by atoms with E-state index in [0.717, 1.165) is 0 Å². The van der Waals surface area contributed by atoms with Crippen molar-refractivity contribution in [3.05, 3.63) is 11.0 Å². The predicted molar refractivity (Wildman–Crippen MR) is 48.7 cm³/mol. The monoisotopic (exact) mass is 184 g/mol. The second kappa shape index (κ2) is 2.28. The van der Waals surface area contributed by atoms with Crippen LogP contribution in [-0.2, 0) is 9.53 Å². The van der Waals surface area contributed by atoms with E-state index in [1.165, 1.54) is 12.0 Å². The highest BCUT2D eigenvalue weighted by atomic mass is 32.2. The normalized spacial score (nSPS) is 43.4. The molecule has 1 heterocycles. The van der Waals surface area contributed by atoms with Crippen LogP contribution in [0.25, 0.3) is 0 Å². The molecule has 0 saturated heterocycles. The number of allylic oxidation sites excluding steroid dienone is 2. The molecule has 1 fully saturated rings. The zero-order valence-electron chi connectivity index (χ0n) is 7.46. The molecule has 0 aromatic carbocycles. The van der Waals surface area contributed by atoms with Crippen molar-refractivity contribution in [3.63, 3.8) is 0 Å². The van der Waals surface area contributed by atoms with Crippen LogP contribution in [0.4, 0.5) is 0 Å². The standard InChI is InChI=1S/C9H12O2S/c1-5-4-6-7(8(10)11-3)9(6,2)12-5/h4,6-7H,1-3H3. The lowest BCUT2D eigenvalue weighted by Gasteiger charge is -2.06. The fraction of sp³-hybridized carbons (Fsp3) is 0.667. The van der Waals surface area contributed by atoms with Gasteiger partial charge in [-0.05, 0) is 18.8 Å². The van der Waals surface area contributed by atoms with E-state index in [1.807, 2.05) is 11.8 Å². The Balaban J connectivity index is 2.14. The lowest BCUT2D eigenvalue weighted by Crippen LogP contribution is -2.11. The molecular formula is C9H12O2S. The summed E-state index contributed by atoms with van der Waals surface area (Å²) in [5, 5.41) is 0. The summed E-state index contributed by atoms with van der Waals surface area (Å²) in [6.45, 7) is 4.23. The highest BCUT2D eigenvalue weighted by Gasteiger charge is 2.67. The van der Waals surface area contributed by atoms with Crippen molar-refractivity contribution in [2.24, 2.45) is 11.8 Å². The quantitative estimate of drug-likeness (QED) is 0.581. The highest BCUT2D eigenvalue weighted by Crippen LogP contribution is 2.67. The Bertz CT molecular complexity index is 272. The molecule has 2 rings (SSSR count). The molecule has 1 aliphatic carbocycles. The van der Waals surface area contributed by atoms with E-state index < -0.39 is 0 Å². The van der Waals surface area contributed by atoms with Gasteiger partial charge in [-0.1, -0.05) is 6.08 Å². The molecule has 0 bridgehead atoms. The highest BCUT2D eigenvalue weighted by molar-refractivity contribution is 8.05. The van der Waals surface area contributed by atoms with E-state index in [0.29, 0.717) is 5.92 Å². The predicted octanol–water partition coefficient (Wildman–Crippen LogP) is 1.81. The third kappa shape index (κ3) is 0.859. The summed E-state index contributed by atoms with van der Waals surface area (Å²) >= 11 is 1.81. The van der Waals surface area contributed by atoms with E-state index in [4.69, 9.17) is 4.74 Å². The zero-order chi connectivity index (χ0) is 8.93. The van der Waals surface area contributed by atoms with Gasteiger partial charge < -0.3 is 4.74 Å². The maximum atomic E-state index is 11.2. The number of carbonyl (C=O) groups excluding carboxylic acids is 1. The summed E-state index contributed by atoms with van der Waals surface area (Å²) in [5.41, 5.74) is 0. The first-order valence-electron chi connectivity index (χ1n) is 4.05. The van der Waals surface area contributed by atoms with E-state index >= 15 is 0 Å².